The molecule has 3 unspecified atom stereocenters. The summed E-state index contributed by atoms with van der Waals surface area (Å²) >= 11 is 1.95. The first kappa shape index (κ1) is 17.3. The summed E-state index contributed by atoms with van der Waals surface area (Å²) in [4.78, 5) is 2.63. The number of rotatable bonds is 7. The van der Waals surface area contributed by atoms with Gasteiger partial charge in [-0.15, -0.1) is 0 Å². The molecule has 0 heterocycles. The van der Waals surface area contributed by atoms with Crippen molar-refractivity contribution in [1.29, 1.82) is 0 Å². The monoisotopic (exact) mass is 286 g/mol. The van der Waals surface area contributed by atoms with E-state index in [9.17, 15) is 0 Å². The fraction of sp³-hybridized carbons (Fsp3) is 1.00. The van der Waals surface area contributed by atoms with Crippen molar-refractivity contribution in [1.82, 2.24) is 4.90 Å². The van der Waals surface area contributed by atoms with E-state index in [1.54, 1.807) is 0 Å². The first-order valence-corrected chi connectivity index (χ1v) is 9.31. The normalized spacial score (nSPS) is 30.0. The van der Waals surface area contributed by atoms with Gasteiger partial charge in [0.2, 0.25) is 0 Å². The maximum absolute atomic E-state index is 6.29. The number of nitrogens with zero attached hydrogens (tertiary/aromatic N) is 1. The molecular formula is C16H34N2S. The van der Waals surface area contributed by atoms with E-state index in [0.29, 0.717) is 6.04 Å². The van der Waals surface area contributed by atoms with Crippen molar-refractivity contribution in [3.63, 3.8) is 0 Å². The molecule has 1 saturated carbocycles. The van der Waals surface area contributed by atoms with E-state index in [1.807, 2.05) is 11.8 Å². The Bertz CT molecular complexity index is 257. The highest BCUT2D eigenvalue weighted by molar-refractivity contribution is 7.98. The predicted molar refractivity (Wildman–Crippen MR) is 88.8 cm³/mol. The van der Waals surface area contributed by atoms with E-state index in [4.69, 9.17) is 5.73 Å². The minimum Gasteiger partial charge on any atom is -0.329 e. The Labute approximate surface area is 124 Å². The molecule has 2 nitrogen and oxygen atoms in total. The van der Waals surface area contributed by atoms with Gasteiger partial charge in [0.05, 0.1) is 0 Å². The summed E-state index contributed by atoms with van der Waals surface area (Å²) in [6.45, 7) is 7.94. The molecule has 0 aromatic heterocycles. The average molecular weight is 287 g/mol. The summed E-state index contributed by atoms with van der Waals surface area (Å²) < 4.78 is 0. The third-order valence-corrected chi connectivity index (χ3v) is 5.97. The second kappa shape index (κ2) is 7.90. The van der Waals surface area contributed by atoms with Gasteiger partial charge >= 0.3 is 0 Å². The SMILES string of the molecule is CSCCC(C)N(C)C1(CN)CCCCC1C(C)C. The summed E-state index contributed by atoms with van der Waals surface area (Å²) in [5.74, 6) is 2.74. The van der Waals surface area contributed by atoms with E-state index < -0.39 is 0 Å². The largest absolute Gasteiger partial charge is 0.329 e. The molecule has 1 fully saturated rings. The lowest BCUT2D eigenvalue weighted by Crippen LogP contribution is -2.62. The molecule has 3 atom stereocenters. The lowest BCUT2D eigenvalue weighted by atomic mass is 9.66. The maximum atomic E-state index is 6.29. The summed E-state index contributed by atoms with van der Waals surface area (Å²) in [7, 11) is 2.32. The van der Waals surface area contributed by atoms with E-state index in [-0.39, 0.29) is 5.54 Å². The minimum atomic E-state index is 0.240. The zero-order valence-electron chi connectivity index (χ0n) is 13.6. The number of likely N-dealkylation sites (N-methyl/N-ethyl adjacent to an activating group) is 1. The Hall–Kier alpha value is 0.270. The van der Waals surface area contributed by atoms with Crippen LogP contribution in [0.4, 0.5) is 0 Å². The summed E-state index contributed by atoms with van der Waals surface area (Å²) in [5.41, 5.74) is 6.53. The number of nitrogens with two attached hydrogens (primary N) is 1. The van der Waals surface area contributed by atoms with Crippen molar-refractivity contribution in [3.05, 3.63) is 0 Å². The van der Waals surface area contributed by atoms with Crippen LogP contribution in [0.25, 0.3) is 0 Å². The highest BCUT2D eigenvalue weighted by Crippen LogP contribution is 2.42. The van der Waals surface area contributed by atoms with Crippen molar-refractivity contribution in [2.45, 2.75) is 64.5 Å². The van der Waals surface area contributed by atoms with Gasteiger partial charge in [-0.1, -0.05) is 26.7 Å². The van der Waals surface area contributed by atoms with Crippen molar-refractivity contribution in [2.75, 3.05) is 25.6 Å². The van der Waals surface area contributed by atoms with Gasteiger partial charge in [0.15, 0.2) is 0 Å². The molecule has 0 saturated heterocycles. The molecule has 0 spiro atoms. The van der Waals surface area contributed by atoms with Gasteiger partial charge in [-0.3, -0.25) is 4.90 Å². The van der Waals surface area contributed by atoms with Gasteiger partial charge in [0.1, 0.15) is 0 Å². The van der Waals surface area contributed by atoms with Gasteiger partial charge in [-0.2, -0.15) is 11.8 Å². The molecule has 0 aliphatic heterocycles. The molecule has 0 bridgehead atoms. The second-order valence-corrected chi connectivity index (χ2v) is 7.63. The molecule has 0 aromatic rings. The molecule has 3 heteroatoms. The summed E-state index contributed by atoms with van der Waals surface area (Å²) in [6.07, 6.45) is 8.84. The Morgan fingerprint density at radius 1 is 1.32 bits per heavy atom. The van der Waals surface area contributed by atoms with Crippen LogP contribution in [0.5, 0.6) is 0 Å². The van der Waals surface area contributed by atoms with Crippen LogP contribution in [0, 0.1) is 11.8 Å². The minimum absolute atomic E-state index is 0.240. The van der Waals surface area contributed by atoms with Crippen LogP contribution in [-0.4, -0.2) is 42.1 Å². The van der Waals surface area contributed by atoms with Crippen molar-refractivity contribution in [3.8, 4) is 0 Å². The van der Waals surface area contributed by atoms with Gasteiger partial charge in [-0.05, 0) is 57.1 Å². The molecule has 0 amide bonds. The maximum Gasteiger partial charge on any atom is 0.0362 e. The standard InChI is InChI=1S/C16H34N2S/c1-13(2)15-8-6-7-10-16(15,12-17)18(4)14(3)9-11-19-5/h13-15H,6-12,17H2,1-5H3. The molecule has 1 aliphatic carbocycles. The first-order valence-electron chi connectivity index (χ1n) is 7.91. The zero-order valence-corrected chi connectivity index (χ0v) is 14.4. The first-order chi connectivity index (χ1) is 8.99. The van der Waals surface area contributed by atoms with E-state index in [1.165, 1.54) is 37.9 Å². The smallest absolute Gasteiger partial charge is 0.0362 e. The van der Waals surface area contributed by atoms with Crippen LogP contribution < -0.4 is 5.73 Å². The van der Waals surface area contributed by atoms with Gasteiger partial charge in [0, 0.05) is 18.1 Å². The lowest BCUT2D eigenvalue weighted by Gasteiger charge is -2.53. The van der Waals surface area contributed by atoms with E-state index in [0.717, 1.165) is 18.4 Å². The van der Waals surface area contributed by atoms with Crippen LogP contribution >= 0.6 is 11.8 Å². The molecular weight excluding hydrogens is 252 g/mol. The Morgan fingerprint density at radius 2 is 2.00 bits per heavy atom. The van der Waals surface area contributed by atoms with E-state index >= 15 is 0 Å². The molecule has 1 aliphatic rings. The Morgan fingerprint density at radius 3 is 2.53 bits per heavy atom. The number of hydrogen-bond acceptors (Lipinski definition) is 3. The average Bonchev–Trinajstić information content (AvgIpc) is 2.43. The van der Waals surface area contributed by atoms with Crippen molar-refractivity contribution >= 4 is 11.8 Å². The topological polar surface area (TPSA) is 29.3 Å². The van der Waals surface area contributed by atoms with Gasteiger partial charge in [0.25, 0.3) is 0 Å². The van der Waals surface area contributed by atoms with Crippen molar-refractivity contribution < 1.29 is 0 Å². The van der Waals surface area contributed by atoms with Gasteiger partial charge < -0.3 is 5.73 Å². The Kier molecular flexibility index (Phi) is 7.20. The summed E-state index contributed by atoms with van der Waals surface area (Å²) in [6, 6.07) is 0.635. The molecule has 1 rings (SSSR count). The van der Waals surface area contributed by atoms with Crippen LogP contribution in [0.3, 0.4) is 0 Å². The predicted octanol–water partition coefficient (Wildman–Crippen LogP) is 3.60. The number of thioether (sulfide) groups is 1. The molecule has 114 valence electrons. The van der Waals surface area contributed by atoms with Crippen LogP contribution in [0.15, 0.2) is 0 Å². The van der Waals surface area contributed by atoms with E-state index in [2.05, 4.69) is 39.0 Å². The summed E-state index contributed by atoms with van der Waals surface area (Å²) in [5, 5.41) is 0. The van der Waals surface area contributed by atoms with Gasteiger partial charge in [-0.25, -0.2) is 0 Å². The molecule has 0 radical (unpaired) electrons. The lowest BCUT2D eigenvalue weighted by molar-refractivity contribution is -0.0193. The van der Waals surface area contributed by atoms with Crippen LogP contribution in [0.1, 0.15) is 52.9 Å². The number of hydrogen-bond donors (Lipinski definition) is 1. The van der Waals surface area contributed by atoms with Crippen LogP contribution in [-0.2, 0) is 0 Å². The Balaban J connectivity index is 2.86. The van der Waals surface area contributed by atoms with Crippen LogP contribution in [0.2, 0.25) is 0 Å². The third kappa shape index (κ3) is 3.89. The quantitative estimate of drug-likeness (QED) is 0.775. The molecule has 0 aromatic carbocycles. The fourth-order valence-electron chi connectivity index (χ4n) is 3.96. The van der Waals surface area contributed by atoms with Crippen molar-refractivity contribution in [2.24, 2.45) is 17.6 Å². The molecule has 2 N–H and O–H groups in total. The zero-order chi connectivity index (χ0) is 14.5. The highest BCUT2D eigenvalue weighted by atomic mass is 32.2. The third-order valence-electron chi connectivity index (χ3n) is 5.33. The second-order valence-electron chi connectivity index (χ2n) is 6.65. The molecule has 19 heavy (non-hydrogen) atoms. The fourth-order valence-corrected chi connectivity index (χ4v) is 4.54. The highest BCUT2D eigenvalue weighted by Gasteiger charge is 2.45.